The standard InChI is InChI=1S/C12H12N6O/c13-8-2-1-3-9-11(8)15-12(19-9)17-4-5-18-7-14-16-10(18)6-17/h1-3,7H,4-6,13H2. The summed E-state index contributed by atoms with van der Waals surface area (Å²) in [6, 6.07) is 6.14. The fourth-order valence-electron chi connectivity index (χ4n) is 2.32. The maximum Gasteiger partial charge on any atom is 0.298 e. The Hall–Kier alpha value is -2.57. The molecule has 4 rings (SSSR count). The zero-order valence-electron chi connectivity index (χ0n) is 10.2. The van der Waals surface area contributed by atoms with Crippen LogP contribution in [0.5, 0.6) is 0 Å². The van der Waals surface area contributed by atoms with E-state index in [1.165, 1.54) is 0 Å². The molecule has 0 bridgehead atoms. The Labute approximate surface area is 108 Å². The van der Waals surface area contributed by atoms with Crippen LogP contribution in [0.15, 0.2) is 28.9 Å². The molecule has 0 aliphatic carbocycles. The molecule has 0 amide bonds. The topological polar surface area (TPSA) is 86.0 Å². The first-order valence-corrected chi connectivity index (χ1v) is 6.08. The van der Waals surface area contributed by atoms with E-state index in [0.717, 1.165) is 18.9 Å². The summed E-state index contributed by atoms with van der Waals surface area (Å²) in [7, 11) is 0. The van der Waals surface area contributed by atoms with Crippen molar-refractivity contribution in [3.8, 4) is 0 Å². The molecule has 3 heterocycles. The normalized spacial score (nSPS) is 14.8. The Kier molecular flexibility index (Phi) is 2.02. The predicted molar refractivity (Wildman–Crippen MR) is 69.5 cm³/mol. The number of para-hydroxylation sites is 1. The maximum atomic E-state index is 5.89. The largest absolute Gasteiger partial charge is 0.423 e. The number of rotatable bonds is 1. The molecule has 0 unspecified atom stereocenters. The third-order valence-corrected chi connectivity index (χ3v) is 3.35. The third kappa shape index (κ3) is 1.55. The number of nitrogens with zero attached hydrogens (tertiary/aromatic N) is 5. The second-order valence-electron chi connectivity index (χ2n) is 4.55. The van der Waals surface area contributed by atoms with Gasteiger partial charge in [-0.15, -0.1) is 10.2 Å². The highest BCUT2D eigenvalue weighted by atomic mass is 16.4. The molecule has 0 saturated carbocycles. The first-order valence-electron chi connectivity index (χ1n) is 6.08. The highest BCUT2D eigenvalue weighted by Gasteiger charge is 2.22. The average molecular weight is 256 g/mol. The molecule has 0 saturated heterocycles. The molecular formula is C12H12N6O. The van der Waals surface area contributed by atoms with Crippen LogP contribution < -0.4 is 10.6 Å². The highest BCUT2D eigenvalue weighted by Crippen LogP contribution is 2.27. The second-order valence-corrected chi connectivity index (χ2v) is 4.55. The molecule has 1 aliphatic heterocycles. The number of hydrogen-bond donors (Lipinski definition) is 1. The molecule has 0 radical (unpaired) electrons. The van der Waals surface area contributed by atoms with Crippen LogP contribution in [0.3, 0.4) is 0 Å². The van der Waals surface area contributed by atoms with Crippen molar-refractivity contribution in [2.75, 3.05) is 17.2 Å². The number of hydrogen-bond acceptors (Lipinski definition) is 6. The van der Waals surface area contributed by atoms with E-state index in [2.05, 4.69) is 15.2 Å². The smallest absolute Gasteiger partial charge is 0.298 e. The Bertz CT molecular complexity index is 746. The van der Waals surface area contributed by atoms with Gasteiger partial charge in [-0.25, -0.2) is 0 Å². The monoisotopic (exact) mass is 256 g/mol. The maximum absolute atomic E-state index is 5.89. The molecule has 0 spiro atoms. The van der Waals surface area contributed by atoms with Gasteiger partial charge in [0.1, 0.15) is 11.8 Å². The first-order chi connectivity index (χ1) is 9.31. The molecule has 1 aliphatic rings. The predicted octanol–water partition coefficient (Wildman–Crippen LogP) is 1.02. The lowest BCUT2D eigenvalue weighted by molar-refractivity contribution is 0.500. The van der Waals surface area contributed by atoms with Crippen molar-refractivity contribution in [2.24, 2.45) is 0 Å². The number of oxazole rings is 1. The van der Waals surface area contributed by atoms with Crippen molar-refractivity contribution < 1.29 is 4.42 Å². The van der Waals surface area contributed by atoms with E-state index < -0.39 is 0 Å². The van der Waals surface area contributed by atoms with Crippen molar-refractivity contribution in [3.63, 3.8) is 0 Å². The summed E-state index contributed by atoms with van der Waals surface area (Å²) in [5.41, 5.74) is 7.95. The third-order valence-electron chi connectivity index (χ3n) is 3.35. The summed E-state index contributed by atoms with van der Waals surface area (Å²) < 4.78 is 7.79. The van der Waals surface area contributed by atoms with Gasteiger partial charge >= 0.3 is 0 Å². The lowest BCUT2D eigenvalue weighted by atomic mass is 10.3. The van der Waals surface area contributed by atoms with Gasteiger partial charge in [-0.05, 0) is 12.1 Å². The lowest BCUT2D eigenvalue weighted by Gasteiger charge is -2.25. The van der Waals surface area contributed by atoms with Gasteiger partial charge in [-0.3, -0.25) is 0 Å². The van der Waals surface area contributed by atoms with Crippen molar-refractivity contribution in [1.82, 2.24) is 19.7 Å². The van der Waals surface area contributed by atoms with Crippen LogP contribution in [0.2, 0.25) is 0 Å². The number of anilines is 2. The summed E-state index contributed by atoms with van der Waals surface area (Å²) in [6.45, 7) is 2.29. The van der Waals surface area contributed by atoms with Crippen molar-refractivity contribution in [3.05, 3.63) is 30.4 Å². The second kappa shape index (κ2) is 3.71. The van der Waals surface area contributed by atoms with E-state index in [1.54, 1.807) is 6.33 Å². The minimum atomic E-state index is 0.585. The average Bonchev–Trinajstić information content (AvgIpc) is 3.04. The molecule has 7 nitrogen and oxygen atoms in total. The van der Waals surface area contributed by atoms with Gasteiger partial charge in [0.25, 0.3) is 6.01 Å². The van der Waals surface area contributed by atoms with Gasteiger partial charge in [0.2, 0.25) is 0 Å². The minimum Gasteiger partial charge on any atom is -0.423 e. The van der Waals surface area contributed by atoms with E-state index in [9.17, 15) is 0 Å². The van der Waals surface area contributed by atoms with Crippen LogP contribution in [0.25, 0.3) is 11.1 Å². The highest BCUT2D eigenvalue weighted by molar-refractivity contribution is 5.86. The molecule has 96 valence electrons. The van der Waals surface area contributed by atoms with Crippen LogP contribution in [-0.4, -0.2) is 26.3 Å². The summed E-state index contributed by atoms with van der Waals surface area (Å²) in [6.07, 6.45) is 1.75. The summed E-state index contributed by atoms with van der Waals surface area (Å²) in [4.78, 5) is 6.52. The van der Waals surface area contributed by atoms with Crippen LogP contribution in [0.1, 0.15) is 5.82 Å². The van der Waals surface area contributed by atoms with E-state index in [0.29, 0.717) is 29.3 Å². The molecule has 2 aromatic heterocycles. The van der Waals surface area contributed by atoms with E-state index in [4.69, 9.17) is 10.2 Å². The van der Waals surface area contributed by atoms with Gasteiger partial charge in [-0.1, -0.05) is 6.07 Å². The molecular weight excluding hydrogens is 244 g/mol. The first kappa shape index (κ1) is 10.4. The Balaban J connectivity index is 1.74. The van der Waals surface area contributed by atoms with Gasteiger partial charge in [0, 0.05) is 13.1 Å². The number of nitrogen functional groups attached to an aromatic ring is 1. The zero-order chi connectivity index (χ0) is 12.8. The summed E-state index contributed by atoms with van der Waals surface area (Å²) in [5, 5.41) is 7.99. The number of nitrogens with two attached hydrogens (primary N) is 1. The van der Waals surface area contributed by atoms with Crippen molar-refractivity contribution in [1.29, 1.82) is 0 Å². The fourth-order valence-corrected chi connectivity index (χ4v) is 2.32. The van der Waals surface area contributed by atoms with Gasteiger partial charge in [0.05, 0.1) is 12.2 Å². The Morgan fingerprint density at radius 2 is 2.21 bits per heavy atom. The van der Waals surface area contributed by atoms with Gasteiger partial charge in [-0.2, -0.15) is 4.98 Å². The summed E-state index contributed by atoms with van der Waals surface area (Å²) in [5.74, 6) is 0.918. The molecule has 7 heteroatoms. The van der Waals surface area contributed by atoms with Crippen molar-refractivity contribution >= 4 is 22.8 Å². The number of fused-ring (bicyclic) bond motifs is 2. The summed E-state index contributed by atoms with van der Waals surface area (Å²) >= 11 is 0. The van der Waals surface area contributed by atoms with Gasteiger partial charge < -0.3 is 19.6 Å². The number of aromatic nitrogens is 4. The Morgan fingerprint density at radius 1 is 1.26 bits per heavy atom. The molecule has 2 N–H and O–H groups in total. The van der Waals surface area contributed by atoms with Crippen LogP contribution in [-0.2, 0) is 13.1 Å². The molecule has 19 heavy (non-hydrogen) atoms. The van der Waals surface area contributed by atoms with E-state index >= 15 is 0 Å². The zero-order valence-corrected chi connectivity index (χ0v) is 10.2. The Morgan fingerprint density at radius 3 is 3.11 bits per heavy atom. The van der Waals surface area contributed by atoms with Crippen LogP contribution in [0, 0.1) is 0 Å². The lowest BCUT2D eigenvalue weighted by Crippen LogP contribution is -2.33. The van der Waals surface area contributed by atoms with Crippen LogP contribution in [0.4, 0.5) is 11.7 Å². The van der Waals surface area contributed by atoms with Crippen LogP contribution >= 0.6 is 0 Å². The minimum absolute atomic E-state index is 0.585. The molecule has 0 atom stereocenters. The SMILES string of the molecule is Nc1cccc2oc(N3CCn4cnnc4C3)nc12. The fraction of sp³-hybridized carbons (Fsp3) is 0.250. The van der Waals surface area contributed by atoms with Gasteiger partial charge in [0.15, 0.2) is 11.4 Å². The van der Waals surface area contributed by atoms with Crippen molar-refractivity contribution in [2.45, 2.75) is 13.1 Å². The van der Waals surface area contributed by atoms with E-state index in [1.807, 2.05) is 27.7 Å². The molecule has 0 fully saturated rings. The molecule has 3 aromatic rings. The quantitative estimate of drug-likeness (QED) is 0.654. The molecule has 1 aromatic carbocycles. The number of benzene rings is 1. The van der Waals surface area contributed by atoms with E-state index in [-0.39, 0.29) is 0 Å².